The maximum absolute atomic E-state index is 12.5. The van der Waals surface area contributed by atoms with Gasteiger partial charge in [-0.2, -0.15) is 0 Å². The first-order valence-corrected chi connectivity index (χ1v) is 9.80. The first-order valence-electron chi connectivity index (χ1n) is 9.43. The number of hydrogen-bond donors (Lipinski definition) is 3. The lowest BCUT2D eigenvalue weighted by Crippen LogP contribution is -2.31. The summed E-state index contributed by atoms with van der Waals surface area (Å²) in [6.45, 7) is 2.13. The van der Waals surface area contributed by atoms with E-state index in [1.54, 1.807) is 0 Å². The molecule has 0 aliphatic heterocycles. The molecule has 3 amide bonds. The molecule has 0 aromatic carbocycles. The Bertz CT molecular complexity index is 1110. The van der Waals surface area contributed by atoms with Crippen LogP contribution in [0.5, 0.6) is 0 Å². The van der Waals surface area contributed by atoms with Crippen LogP contribution in [0.25, 0.3) is 11.2 Å². The van der Waals surface area contributed by atoms with Crippen LogP contribution in [0.2, 0.25) is 5.02 Å². The zero-order valence-electron chi connectivity index (χ0n) is 16.9. The van der Waals surface area contributed by atoms with E-state index in [-0.39, 0.29) is 23.1 Å². The van der Waals surface area contributed by atoms with E-state index in [9.17, 15) is 14.4 Å². The molecule has 3 heterocycles. The van der Waals surface area contributed by atoms with Gasteiger partial charge in [-0.1, -0.05) is 24.9 Å². The van der Waals surface area contributed by atoms with E-state index < -0.39 is 17.9 Å². The average Bonchev–Trinajstić information content (AvgIpc) is 3.32. The highest BCUT2D eigenvalue weighted by Gasteiger charge is 2.18. The van der Waals surface area contributed by atoms with Gasteiger partial charge in [-0.3, -0.25) is 25.0 Å². The molecule has 0 spiro atoms. The molecule has 164 valence electrons. The number of ether oxygens (including phenoxy) is 1. The number of imidazole rings is 1. The molecule has 3 aromatic rings. The molecular formula is C18H21ClN8O4. The van der Waals surface area contributed by atoms with E-state index in [0.717, 1.165) is 12.8 Å². The fourth-order valence-electron chi connectivity index (χ4n) is 2.69. The number of fused-ring (bicyclic) bond motifs is 1. The van der Waals surface area contributed by atoms with Crippen molar-refractivity contribution in [2.75, 3.05) is 24.4 Å². The second-order valence-corrected chi connectivity index (χ2v) is 6.79. The Morgan fingerprint density at radius 2 is 2.03 bits per heavy atom. The number of aromatic nitrogens is 5. The fourth-order valence-corrected chi connectivity index (χ4v) is 2.93. The van der Waals surface area contributed by atoms with Crippen molar-refractivity contribution in [3.63, 3.8) is 0 Å². The molecule has 0 fully saturated rings. The molecule has 0 aliphatic rings. The van der Waals surface area contributed by atoms with Crippen molar-refractivity contribution >= 4 is 46.5 Å². The minimum atomic E-state index is -0.646. The number of nitrogens with zero attached hydrogens (tertiary/aromatic N) is 5. The van der Waals surface area contributed by atoms with E-state index in [0.29, 0.717) is 17.8 Å². The summed E-state index contributed by atoms with van der Waals surface area (Å²) in [7, 11) is 1.46. The van der Waals surface area contributed by atoms with Crippen LogP contribution in [0, 0.1) is 0 Å². The second-order valence-electron chi connectivity index (χ2n) is 6.38. The number of nitrogens with one attached hydrogen (secondary N) is 3. The minimum absolute atomic E-state index is 0.100. The first-order chi connectivity index (χ1) is 14.9. The quantitative estimate of drug-likeness (QED) is 0.445. The largest absolute Gasteiger partial charge is 0.449 e. The monoisotopic (exact) mass is 448 g/mol. The van der Waals surface area contributed by atoms with E-state index in [4.69, 9.17) is 16.3 Å². The van der Waals surface area contributed by atoms with Crippen LogP contribution >= 0.6 is 11.6 Å². The van der Waals surface area contributed by atoms with E-state index >= 15 is 0 Å². The second kappa shape index (κ2) is 9.89. The smallest absolute Gasteiger partial charge is 0.412 e. The van der Waals surface area contributed by atoms with Crippen LogP contribution in [-0.2, 0) is 16.1 Å². The van der Waals surface area contributed by atoms with Crippen LogP contribution in [0.15, 0.2) is 24.9 Å². The number of rotatable bonds is 8. The molecule has 0 radical (unpaired) electrons. The van der Waals surface area contributed by atoms with Crippen LogP contribution in [0.1, 0.15) is 30.3 Å². The maximum Gasteiger partial charge on any atom is 0.412 e. The molecule has 0 aliphatic carbocycles. The van der Waals surface area contributed by atoms with Crippen molar-refractivity contribution in [2.24, 2.45) is 0 Å². The molecule has 3 aromatic heterocycles. The van der Waals surface area contributed by atoms with Gasteiger partial charge in [0.15, 0.2) is 17.0 Å². The maximum atomic E-state index is 12.5. The summed E-state index contributed by atoms with van der Waals surface area (Å²) in [4.78, 5) is 48.7. The number of carbonyl (C=O) groups excluding carboxylic acids is 3. The summed E-state index contributed by atoms with van der Waals surface area (Å²) in [5, 5.41) is 5.18. The molecule has 0 saturated heterocycles. The van der Waals surface area contributed by atoms with Gasteiger partial charge in [0, 0.05) is 13.2 Å². The summed E-state index contributed by atoms with van der Waals surface area (Å²) in [6.07, 6.45) is 5.11. The summed E-state index contributed by atoms with van der Waals surface area (Å²) in [5.41, 5.74) is 3.32. The number of amides is 3. The van der Waals surface area contributed by atoms with E-state index in [2.05, 4.69) is 31.0 Å². The third kappa shape index (κ3) is 5.09. The summed E-state index contributed by atoms with van der Waals surface area (Å²) in [6, 6.07) is 1.49. The first kappa shape index (κ1) is 22.0. The Labute approximate surface area is 181 Å². The van der Waals surface area contributed by atoms with Gasteiger partial charge in [-0.25, -0.2) is 19.7 Å². The van der Waals surface area contributed by atoms with Crippen molar-refractivity contribution in [2.45, 2.75) is 26.3 Å². The van der Waals surface area contributed by atoms with Gasteiger partial charge in [-0.15, -0.1) is 0 Å². The zero-order valence-corrected chi connectivity index (χ0v) is 17.6. The van der Waals surface area contributed by atoms with Crippen molar-refractivity contribution in [3.8, 4) is 0 Å². The topological polar surface area (TPSA) is 145 Å². The van der Waals surface area contributed by atoms with Crippen molar-refractivity contribution in [3.05, 3.63) is 35.6 Å². The molecule has 0 saturated carbocycles. The predicted molar refractivity (Wildman–Crippen MR) is 112 cm³/mol. The molecule has 12 nitrogen and oxygen atoms in total. The zero-order chi connectivity index (χ0) is 22.4. The molecule has 3 rings (SSSR count). The Kier molecular flexibility index (Phi) is 7.03. The van der Waals surface area contributed by atoms with Gasteiger partial charge in [-0.05, 0) is 12.5 Å². The van der Waals surface area contributed by atoms with Crippen LogP contribution < -0.4 is 16.1 Å². The van der Waals surface area contributed by atoms with Crippen molar-refractivity contribution in [1.29, 1.82) is 0 Å². The Hall–Kier alpha value is -3.67. The highest BCUT2D eigenvalue weighted by molar-refractivity contribution is 6.33. The van der Waals surface area contributed by atoms with Gasteiger partial charge in [0.1, 0.15) is 18.6 Å². The molecule has 31 heavy (non-hydrogen) atoms. The minimum Gasteiger partial charge on any atom is -0.449 e. The van der Waals surface area contributed by atoms with E-state index in [1.807, 2.05) is 6.92 Å². The van der Waals surface area contributed by atoms with Gasteiger partial charge >= 0.3 is 6.09 Å². The normalized spacial score (nSPS) is 10.7. The Balaban J connectivity index is 1.72. The number of anilines is 1. The highest BCUT2D eigenvalue weighted by Crippen LogP contribution is 2.18. The Morgan fingerprint density at radius 1 is 1.23 bits per heavy atom. The van der Waals surface area contributed by atoms with Crippen LogP contribution in [0.4, 0.5) is 10.6 Å². The summed E-state index contributed by atoms with van der Waals surface area (Å²) in [5.74, 6) is -0.730. The molecular weight excluding hydrogens is 428 g/mol. The van der Waals surface area contributed by atoms with Gasteiger partial charge in [0.05, 0.1) is 18.0 Å². The lowest BCUT2D eigenvalue weighted by atomic mass is 10.4. The fraction of sp³-hybridized carbons (Fsp3) is 0.333. The molecule has 3 N–H and O–H groups in total. The molecule has 0 bridgehead atoms. The summed E-state index contributed by atoms with van der Waals surface area (Å²) >= 11 is 6.01. The summed E-state index contributed by atoms with van der Waals surface area (Å²) < 4.78 is 7.77. The van der Waals surface area contributed by atoms with Crippen LogP contribution in [-0.4, -0.2) is 55.8 Å². The predicted octanol–water partition coefficient (Wildman–Crippen LogP) is 1.76. The third-order valence-electron chi connectivity index (χ3n) is 4.19. The number of unbranched alkanes of at least 4 members (excludes halogenated alkanes) is 1. The van der Waals surface area contributed by atoms with Gasteiger partial charge in [0.25, 0.3) is 11.8 Å². The van der Waals surface area contributed by atoms with Crippen molar-refractivity contribution < 1.29 is 19.1 Å². The standard InChI is InChI=1S/C18H21ClN8O4/c1-3-4-7-31-18(30)24-15-13-16(22-9-21-15)26(10-23-13)8-12(28)25-27-6-5-11(19)14(27)17(29)20-2/h5-6,9-10H,3-4,7-8H2,1-2H3,(H,20,29)(H,25,28)(H,21,22,24,30). The number of hydrogen-bond acceptors (Lipinski definition) is 7. The van der Waals surface area contributed by atoms with Gasteiger partial charge in [0.2, 0.25) is 0 Å². The van der Waals surface area contributed by atoms with Crippen molar-refractivity contribution in [1.82, 2.24) is 29.5 Å². The SMILES string of the molecule is CCCCOC(=O)Nc1ncnc2c1ncn2CC(=O)Nn1ccc(Cl)c1C(=O)NC. The number of carbonyl (C=O) groups is 3. The number of halogens is 1. The van der Waals surface area contributed by atoms with Gasteiger partial charge < -0.3 is 14.6 Å². The molecule has 0 atom stereocenters. The lowest BCUT2D eigenvalue weighted by Gasteiger charge is -2.11. The molecule has 13 heteroatoms. The average molecular weight is 449 g/mol. The lowest BCUT2D eigenvalue weighted by molar-refractivity contribution is -0.117. The Morgan fingerprint density at radius 3 is 2.77 bits per heavy atom. The van der Waals surface area contributed by atoms with E-state index in [1.165, 1.54) is 41.2 Å². The third-order valence-corrected chi connectivity index (χ3v) is 4.50. The van der Waals surface area contributed by atoms with Crippen LogP contribution in [0.3, 0.4) is 0 Å². The molecule has 0 unspecified atom stereocenters. The highest BCUT2D eigenvalue weighted by atomic mass is 35.5.